The molecule has 0 aliphatic rings. The van der Waals surface area contributed by atoms with Crippen molar-refractivity contribution in [3.8, 4) is 5.75 Å². The summed E-state index contributed by atoms with van der Waals surface area (Å²) in [6.07, 6.45) is 0.281. The van der Waals surface area contributed by atoms with Gasteiger partial charge in [-0.15, -0.1) is 0 Å². The summed E-state index contributed by atoms with van der Waals surface area (Å²) >= 11 is 0. The van der Waals surface area contributed by atoms with Crippen LogP contribution in [-0.2, 0) is 10.1 Å². The fraction of sp³-hybridized carbons (Fsp3) is 0.278. The predicted octanol–water partition coefficient (Wildman–Crippen LogP) is 3.97. The normalized spacial score (nSPS) is 11.3. The van der Waals surface area contributed by atoms with Gasteiger partial charge in [0.1, 0.15) is 4.90 Å². The maximum Gasteiger partial charge on any atom is 0.339 e. The number of hydrogen-bond donors (Lipinski definition) is 0. The smallest absolute Gasteiger partial charge is 0.339 e. The van der Waals surface area contributed by atoms with Crippen LogP contribution in [0.1, 0.15) is 40.4 Å². The van der Waals surface area contributed by atoms with E-state index in [2.05, 4.69) is 0 Å². The second kappa shape index (κ2) is 6.54. The highest BCUT2D eigenvalue weighted by Gasteiger charge is 2.24. The summed E-state index contributed by atoms with van der Waals surface area (Å²) in [6, 6.07) is 10.0. The van der Waals surface area contributed by atoms with Crippen LogP contribution in [0.4, 0.5) is 0 Å². The first kappa shape index (κ1) is 17.2. The molecule has 2 aromatic rings. The largest absolute Gasteiger partial charge is 0.378 e. The number of benzene rings is 2. The zero-order valence-electron chi connectivity index (χ0n) is 13.7. The summed E-state index contributed by atoms with van der Waals surface area (Å²) in [5.41, 5.74) is 2.52. The molecular formula is C18H20O4S. The van der Waals surface area contributed by atoms with Crippen LogP contribution >= 0.6 is 0 Å². The van der Waals surface area contributed by atoms with E-state index in [1.165, 1.54) is 6.07 Å². The average molecular weight is 332 g/mol. The van der Waals surface area contributed by atoms with Crippen LogP contribution in [0.15, 0.2) is 41.3 Å². The monoisotopic (exact) mass is 332 g/mol. The van der Waals surface area contributed by atoms with E-state index < -0.39 is 10.1 Å². The van der Waals surface area contributed by atoms with Crippen LogP contribution in [0.2, 0.25) is 0 Å². The molecule has 0 saturated carbocycles. The van der Waals surface area contributed by atoms with Crippen LogP contribution in [0.5, 0.6) is 5.75 Å². The molecule has 23 heavy (non-hydrogen) atoms. The van der Waals surface area contributed by atoms with Crippen molar-refractivity contribution in [3.63, 3.8) is 0 Å². The number of hydrogen-bond acceptors (Lipinski definition) is 4. The van der Waals surface area contributed by atoms with E-state index in [1.807, 2.05) is 6.92 Å². The maximum absolute atomic E-state index is 12.7. The van der Waals surface area contributed by atoms with Crippen molar-refractivity contribution >= 4 is 15.9 Å². The lowest BCUT2D eigenvalue weighted by atomic mass is 10.1. The number of para-hydroxylation sites is 1. The lowest BCUT2D eigenvalue weighted by molar-refractivity contribution is 0.0986. The van der Waals surface area contributed by atoms with Gasteiger partial charge in [-0.05, 0) is 44.0 Å². The first-order valence-corrected chi connectivity index (χ1v) is 8.81. The number of carbonyl (C=O) groups is 1. The van der Waals surface area contributed by atoms with Crippen molar-refractivity contribution in [2.45, 2.75) is 39.0 Å². The van der Waals surface area contributed by atoms with E-state index in [4.69, 9.17) is 4.18 Å². The third-order valence-corrected chi connectivity index (χ3v) is 5.11. The molecule has 0 amide bonds. The Morgan fingerprint density at radius 2 is 1.61 bits per heavy atom. The summed E-state index contributed by atoms with van der Waals surface area (Å²) in [6.45, 7) is 7.10. The molecule has 0 atom stereocenters. The maximum atomic E-state index is 12.7. The van der Waals surface area contributed by atoms with Gasteiger partial charge in [0.25, 0.3) is 0 Å². The molecular weight excluding hydrogens is 312 g/mol. The molecule has 0 unspecified atom stereocenters. The van der Waals surface area contributed by atoms with Gasteiger partial charge in [0.05, 0.1) is 5.56 Å². The Balaban J connectivity index is 2.51. The Bertz CT molecular complexity index is 828. The Labute approximate surface area is 137 Å². The molecule has 0 aromatic heterocycles. The van der Waals surface area contributed by atoms with Crippen molar-refractivity contribution in [1.29, 1.82) is 0 Å². The van der Waals surface area contributed by atoms with Gasteiger partial charge in [-0.25, -0.2) is 0 Å². The SMILES string of the molecule is CCC(=O)c1ccccc1OS(=O)(=O)c1c(C)cc(C)cc1C. The molecule has 0 fully saturated rings. The lowest BCUT2D eigenvalue weighted by Crippen LogP contribution is -2.15. The fourth-order valence-electron chi connectivity index (χ4n) is 2.68. The van der Waals surface area contributed by atoms with Crippen LogP contribution in [0.3, 0.4) is 0 Å². The van der Waals surface area contributed by atoms with Gasteiger partial charge in [-0.2, -0.15) is 8.42 Å². The average Bonchev–Trinajstić information content (AvgIpc) is 2.45. The zero-order chi connectivity index (χ0) is 17.2. The van der Waals surface area contributed by atoms with Gasteiger partial charge >= 0.3 is 10.1 Å². The highest BCUT2D eigenvalue weighted by atomic mass is 32.2. The third kappa shape index (κ3) is 3.62. The minimum absolute atomic E-state index is 0.0683. The molecule has 0 aliphatic heterocycles. The lowest BCUT2D eigenvalue weighted by Gasteiger charge is -2.14. The van der Waals surface area contributed by atoms with Crippen molar-refractivity contribution in [2.24, 2.45) is 0 Å². The highest BCUT2D eigenvalue weighted by Crippen LogP contribution is 2.28. The zero-order valence-corrected chi connectivity index (χ0v) is 14.5. The summed E-state index contributed by atoms with van der Waals surface area (Å²) in [5, 5.41) is 0. The molecule has 0 radical (unpaired) electrons. The molecule has 4 nitrogen and oxygen atoms in total. The van der Waals surface area contributed by atoms with Crippen LogP contribution < -0.4 is 4.18 Å². The molecule has 0 aliphatic carbocycles. The van der Waals surface area contributed by atoms with E-state index in [0.29, 0.717) is 11.1 Å². The van der Waals surface area contributed by atoms with Gasteiger partial charge in [-0.1, -0.05) is 36.8 Å². The van der Waals surface area contributed by atoms with Gasteiger partial charge in [-0.3, -0.25) is 4.79 Å². The minimum Gasteiger partial charge on any atom is -0.378 e. The van der Waals surface area contributed by atoms with E-state index in [-0.39, 0.29) is 28.4 Å². The van der Waals surface area contributed by atoms with Gasteiger partial charge in [0.2, 0.25) is 0 Å². The second-order valence-electron chi connectivity index (χ2n) is 5.54. The van der Waals surface area contributed by atoms with Crippen LogP contribution in [0, 0.1) is 20.8 Å². The molecule has 0 bridgehead atoms. The molecule has 0 saturated heterocycles. The molecule has 0 N–H and O–H groups in total. The summed E-state index contributed by atoms with van der Waals surface area (Å²) in [7, 11) is -4.01. The van der Waals surface area contributed by atoms with E-state index >= 15 is 0 Å². The Morgan fingerprint density at radius 1 is 1.04 bits per heavy atom. The first-order valence-electron chi connectivity index (χ1n) is 7.41. The Hall–Kier alpha value is -2.14. The molecule has 122 valence electrons. The molecule has 5 heteroatoms. The van der Waals surface area contributed by atoms with E-state index in [1.54, 1.807) is 51.1 Å². The number of Topliss-reactive ketones (excluding diaryl/α,β-unsaturated/α-hetero) is 1. The summed E-state index contributed by atoms with van der Waals surface area (Å²) in [5.74, 6) is -0.0909. The Kier molecular flexibility index (Phi) is 4.90. The second-order valence-corrected chi connectivity index (χ2v) is 7.02. The number of ketones is 1. The third-order valence-electron chi connectivity index (χ3n) is 3.56. The Morgan fingerprint density at radius 3 is 2.17 bits per heavy atom. The number of rotatable bonds is 5. The standard InChI is InChI=1S/C18H20O4S/c1-5-16(19)15-8-6-7-9-17(15)22-23(20,21)18-13(3)10-12(2)11-14(18)4/h6-11H,5H2,1-4H3. The predicted molar refractivity (Wildman–Crippen MR) is 89.5 cm³/mol. The number of carbonyl (C=O) groups excluding carboxylic acids is 1. The van der Waals surface area contributed by atoms with Crippen LogP contribution in [-0.4, -0.2) is 14.2 Å². The molecule has 2 rings (SSSR count). The summed E-state index contributed by atoms with van der Waals surface area (Å²) < 4.78 is 30.7. The molecule has 0 heterocycles. The van der Waals surface area contributed by atoms with E-state index in [0.717, 1.165) is 5.56 Å². The topological polar surface area (TPSA) is 60.4 Å². The van der Waals surface area contributed by atoms with Crippen molar-refractivity contribution in [3.05, 3.63) is 58.7 Å². The van der Waals surface area contributed by atoms with Crippen LogP contribution in [0.25, 0.3) is 0 Å². The molecule has 0 spiro atoms. The quantitative estimate of drug-likeness (QED) is 0.614. The fourth-order valence-corrected chi connectivity index (χ4v) is 4.05. The van der Waals surface area contributed by atoms with Crippen molar-refractivity contribution < 1.29 is 17.4 Å². The summed E-state index contributed by atoms with van der Waals surface area (Å²) in [4.78, 5) is 12.1. The van der Waals surface area contributed by atoms with Gasteiger partial charge in [0, 0.05) is 6.42 Å². The van der Waals surface area contributed by atoms with Gasteiger partial charge < -0.3 is 4.18 Å². The first-order chi connectivity index (χ1) is 10.8. The highest BCUT2D eigenvalue weighted by molar-refractivity contribution is 7.87. The molecule has 2 aromatic carbocycles. The number of aryl methyl sites for hydroxylation is 3. The van der Waals surface area contributed by atoms with E-state index in [9.17, 15) is 13.2 Å². The van der Waals surface area contributed by atoms with Gasteiger partial charge in [0.15, 0.2) is 11.5 Å². The van der Waals surface area contributed by atoms with Crippen molar-refractivity contribution in [1.82, 2.24) is 0 Å². The minimum atomic E-state index is -4.01. The van der Waals surface area contributed by atoms with Crippen molar-refractivity contribution in [2.75, 3.05) is 0 Å².